The summed E-state index contributed by atoms with van der Waals surface area (Å²) < 4.78 is 5.49. The Morgan fingerprint density at radius 3 is 0.830 bits per heavy atom. The lowest BCUT2D eigenvalue weighted by atomic mass is 10.0. The number of aliphatic hydroxyl groups is 2. The third-order valence-corrected chi connectivity index (χ3v) is 20.1. The van der Waals surface area contributed by atoms with Crippen LogP contribution in [-0.2, 0) is 14.3 Å². The van der Waals surface area contributed by atoms with Crippen LogP contribution < -0.4 is 5.32 Å². The molecule has 0 aromatic rings. The van der Waals surface area contributed by atoms with E-state index in [1.807, 2.05) is 0 Å². The number of carbonyl (C=O) groups is 2. The third-order valence-electron chi connectivity index (χ3n) is 20.1. The van der Waals surface area contributed by atoms with Gasteiger partial charge < -0.3 is 20.3 Å². The summed E-state index contributed by atoms with van der Waals surface area (Å²) in [7, 11) is 0. The fourth-order valence-electron chi connectivity index (χ4n) is 13.6. The third kappa shape index (κ3) is 78.8. The molecule has 0 bridgehead atoms. The van der Waals surface area contributed by atoms with E-state index in [4.69, 9.17) is 4.74 Å². The number of amides is 1. The minimum atomic E-state index is -0.664. The van der Waals surface area contributed by atoms with Crippen LogP contribution in [0.1, 0.15) is 476 Å². The fourth-order valence-corrected chi connectivity index (χ4v) is 13.6. The summed E-state index contributed by atoms with van der Waals surface area (Å²) in [5, 5.41) is 23.5. The maximum absolute atomic E-state index is 12.6. The summed E-state index contributed by atoms with van der Waals surface area (Å²) in [6.45, 7) is 4.97. The first-order chi connectivity index (χ1) is 46.5. The molecule has 0 radical (unpaired) electrons. The summed E-state index contributed by atoms with van der Waals surface area (Å²) >= 11 is 0. The number of nitrogens with one attached hydrogen (secondary N) is 1. The molecule has 2 atom stereocenters. The van der Waals surface area contributed by atoms with E-state index in [9.17, 15) is 19.8 Å². The van der Waals surface area contributed by atoms with Crippen molar-refractivity contribution in [2.75, 3.05) is 13.2 Å². The highest BCUT2D eigenvalue weighted by Crippen LogP contribution is 2.20. The van der Waals surface area contributed by atoms with E-state index in [-0.39, 0.29) is 18.5 Å². The van der Waals surface area contributed by atoms with Crippen molar-refractivity contribution in [2.24, 2.45) is 0 Å². The van der Waals surface area contributed by atoms with Crippen LogP contribution in [0.2, 0.25) is 0 Å². The zero-order chi connectivity index (χ0) is 67.7. The molecule has 1 amide bonds. The lowest BCUT2D eigenvalue weighted by Crippen LogP contribution is -2.45. The van der Waals surface area contributed by atoms with Gasteiger partial charge in [-0.05, 0) is 89.9 Å². The van der Waals surface area contributed by atoms with E-state index in [1.165, 1.54) is 385 Å². The van der Waals surface area contributed by atoms with Crippen LogP contribution >= 0.6 is 0 Å². The fraction of sp³-hybridized carbons (Fsp3) is 0.886. The molecule has 0 aliphatic heterocycles. The van der Waals surface area contributed by atoms with Gasteiger partial charge in [-0.25, -0.2) is 0 Å². The zero-order valence-corrected chi connectivity index (χ0v) is 63.7. The Morgan fingerprint density at radius 1 is 0.298 bits per heavy atom. The first-order valence-corrected chi connectivity index (χ1v) is 42.9. The Kier molecular flexibility index (Phi) is 81.3. The van der Waals surface area contributed by atoms with E-state index in [1.54, 1.807) is 0 Å². The van der Waals surface area contributed by atoms with Gasteiger partial charge in [-0.1, -0.05) is 422 Å². The minimum Gasteiger partial charge on any atom is -0.466 e. The van der Waals surface area contributed by atoms with E-state index in [0.29, 0.717) is 25.9 Å². The number of unbranched alkanes of at least 4 members (excludes halogenated alkanes) is 62. The average Bonchev–Trinajstić information content (AvgIpc) is 3.63. The largest absolute Gasteiger partial charge is 0.466 e. The molecular formula is C88H167NO5. The zero-order valence-electron chi connectivity index (χ0n) is 63.7. The number of hydrogen-bond donors (Lipinski definition) is 3. The van der Waals surface area contributed by atoms with Crippen molar-refractivity contribution in [3.8, 4) is 0 Å². The predicted octanol–water partition coefficient (Wildman–Crippen LogP) is 28.7. The highest BCUT2D eigenvalue weighted by atomic mass is 16.5. The van der Waals surface area contributed by atoms with Crippen molar-refractivity contribution in [2.45, 2.75) is 488 Å². The summed E-state index contributed by atoms with van der Waals surface area (Å²) in [5.74, 6) is -0.0196. The summed E-state index contributed by atoms with van der Waals surface area (Å²) in [6.07, 6.45) is 111. The minimum absolute atomic E-state index is 0.00682. The molecule has 0 aromatic carbocycles. The van der Waals surface area contributed by atoms with Crippen molar-refractivity contribution >= 4 is 11.9 Å². The molecule has 0 saturated carbocycles. The SMILES string of the molecule is CCCCC/C=C\C/C=C\CCCCCCCC(=O)OCCCCCCCCCCCCCCCCC/C=C\C/C=C\CCCCCCCCCCCCCCCCCCCC(=O)NC(CO)C(O)CCCCCCCCCCCCCCCCCCCCCCCCC. The van der Waals surface area contributed by atoms with Gasteiger partial charge in [0, 0.05) is 12.8 Å². The number of esters is 1. The maximum atomic E-state index is 12.6. The highest BCUT2D eigenvalue weighted by Gasteiger charge is 2.20. The number of hydrogen-bond acceptors (Lipinski definition) is 5. The van der Waals surface area contributed by atoms with Crippen molar-refractivity contribution in [1.29, 1.82) is 0 Å². The summed E-state index contributed by atoms with van der Waals surface area (Å²) in [4.78, 5) is 24.7. The lowest BCUT2D eigenvalue weighted by Gasteiger charge is -2.22. The molecule has 0 fully saturated rings. The summed E-state index contributed by atoms with van der Waals surface area (Å²) in [6, 6.07) is -0.541. The molecule has 0 aromatic heterocycles. The van der Waals surface area contributed by atoms with E-state index >= 15 is 0 Å². The molecule has 6 nitrogen and oxygen atoms in total. The lowest BCUT2D eigenvalue weighted by molar-refractivity contribution is -0.143. The van der Waals surface area contributed by atoms with Gasteiger partial charge in [0.25, 0.3) is 0 Å². The van der Waals surface area contributed by atoms with Crippen LogP contribution in [0.15, 0.2) is 48.6 Å². The Bertz CT molecular complexity index is 1570. The van der Waals surface area contributed by atoms with Gasteiger partial charge in [-0.15, -0.1) is 0 Å². The van der Waals surface area contributed by atoms with Crippen LogP contribution in [0.5, 0.6) is 0 Å². The van der Waals surface area contributed by atoms with Gasteiger partial charge in [0.1, 0.15) is 0 Å². The smallest absolute Gasteiger partial charge is 0.305 e. The van der Waals surface area contributed by atoms with Gasteiger partial charge in [0.15, 0.2) is 0 Å². The molecule has 6 heteroatoms. The van der Waals surface area contributed by atoms with E-state index < -0.39 is 12.1 Å². The predicted molar refractivity (Wildman–Crippen MR) is 416 cm³/mol. The number of ether oxygens (including phenoxy) is 1. The van der Waals surface area contributed by atoms with Crippen LogP contribution in [0.4, 0.5) is 0 Å². The van der Waals surface area contributed by atoms with E-state index in [2.05, 4.69) is 67.8 Å². The van der Waals surface area contributed by atoms with Crippen molar-refractivity contribution in [3.63, 3.8) is 0 Å². The average molecular weight is 1320 g/mol. The first kappa shape index (κ1) is 91.8. The van der Waals surface area contributed by atoms with E-state index in [0.717, 1.165) is 57.8 Å². The van der Waals surface area contributed by atoms with Crippen molar-refractivity contribution in [1.82, 2.24) is 5.32 Å². The molecule has 0 rings (SSSR count). The quantitative estimate of drug-likeness (QED) is 0.0320. The standard InChI is InChI=1S/C88H167NO5/c1-3-5-7-9-11-13-15-17-19-20-21-22-40-43-46-49-53-56-60-64-68-72-76-80-86(91)85(84-90)89-87(92)81-77-73-69-65-61-57-54-50-47-44-41-38-36-34-32-30-28-26-24-23-25-27-29-31-33-35-37-39-42-45-48-51-55-59-63-67-71-75-79-83-94-88(93)82-78-74-70-66-62-58-52-18-16-14-12-10-8-6-4-2/h12,14,18,23-24,27,29,52,85-86,90-91H,3-11,13,15-17,19-22,25-26,28,30-51,53-84H2,1-2H3,(H,89,92)/b14-12-,24-23-,29-27-,52-18-. The molecule has 0 aliphatic carbocycles. The van der Waals surface area contributed by atoms with Gasteiger partial charge in [-0.3, -0.25) is 9.59 Å². The molecule has 2 unspecified atom stereocenters. The summed E-state index contributed by atoms with van der Waals surface area (Å²) in [5.41, 5.74) is 0. The number of allylic oxidation sites excluding steroid dienone is 8. The van der Waals surface area contributed by atoms with Crippen LogP contribution in [0, 0.1) is 0 Å². The number of aliphatic hydroxyl groups excluding tert-OH is 2. The second-order valence-corrected chi connectivity index (χ2v) is 29.5. The van der Waals surface area contributed by atoms with Gasteiger partial charge in [0.2, 0.25) is 5.91 Å². The van der Waals surface area contributed by atoms with Gasteiger partial charge in [0.05, 0.1) is 25.4 Å². The molecule has 0 aliphatic rings. The second-order valence-electron chi connectivity index (χ2n) is 29.5. The molecular weight excluding hydrogens is 1150 g/mol. The molecule has 94 heavy (non-hydrogen) atoms. The van der Waals surface area contributed by atoms with Gasteiger partial charge >= 0.3 is 5.97 Å². The second kappa shape index (κ2) is 83.2. The number of rotatable bonds is 81. The Balaban J connectivity index is 3.36. The Hall–Kier alpha value is -2.18. The molecule has 554 valence electrons. The van der Waals surface area contributed by atoms with Gasteiger partial charge in [-0.2, -0.15) is 0 Å². The Morgan fingerprint density at radius 2 is 0.532 bits per heavy atom. The Labute approximate surface area is 588 Å². The van der Waals surface area contributed by atoms with Crippen molar-refractivity contribution in [3.05, 3.63) is 48.6 Å². The molecule has 0 spiro atoms. The monoisotopic (exact) mass is 1320 g/mol. The van der Waals surface area contributed by atoms with Crippen LogP contribution in [0.3, 0.4) is 0 Å². The molecule has 0 heterocycles. The highest BCUT2D eigenvalue weighted by molar-refractivity contribution is 5.76. The van der Waals surface area contributed by atoms with Crippen LogP contribution in [-0.4, -0.2) is 47.4 Å². The topological polar surface area (TPSA) is 95.9 Å². The maximum Gasteiger partial charge on any atom is 0.305 e. The van der Waals surface area contributed by atoms with Crippen molar-refractivity contribution < 1.29 is 24.5 Å². The first-order valence-electron chi connectivity index (χ1n) is 42.9. The van der Waals surface area contributed by atoms with Crippen LogP contribution in [0.25, 0.3) is 0 Å². The normalized spacial score (nSPS) is 12.7. The molecule has 3 N–H and O–H groups in total. The molecule has 0 saturated heterocycles. The number of carbonyl (C=O) groups excluding carboxylic acids is 2.